The summed E-state index contributed by atoms with van der Waals surface area (Å²) in [7, 11) is 5.31. The van der Waals surface area contributed by atoms with Gasteiger partial charge in [-0.15, -0.1) is 0 Å². The van der Waals surface area contributed by atoms with Crippen LogP contribution in [0.1, 0.15) is 13.8 Å². The van der Waals surface area contributed by atoms with Crippen molar-refractivity contribution in [3.63, 3.8) is 0 Å². The number of hydrogen-bond donors (Lipinski definition) is 0. The Balaban J connectivity index is 0.00000106. The summed E-state index contributed by atoms with van der Waals surface area (Å²) < 4.78 is 28.1. The van der Waals surface area contributed by atoms with Crippen LogP contribution in [0.25, 0.3) is 0 Å². The summed E-state index contributed by atoms with van der Waals surface area (Å²) in [6.45, 7) is 6.85. The van der Waals surface area contributed by atoms with Crippen LogP contribution in [0.5, 0.6) is 5.75 Å². The number of anilines is 1. The van der Waals surface area contributed by atoms with E-state index in [-0.39, 0.29) is 11.4 Å². The van der Waals surface area contributed by atoms with E-state index in [1.54, 1.807) is 19.0 Å². The fourth-order valence-electron chi connectivity index (χ4n) is 2.14. The van der Waals surface area contributed by atoms with Gasteiger partial charge in [0.15, 0.2) is 17.4 Å². The minimum Gasteiger partial charge on any atom is -0.406 e. The molecule has 0 N–H and O–H groups in total. The highest BCUT2D eigenvalue weighted by Crippen LogP contribution is 2.29. The van der Waals surface area contributed by atoms with E-state index in [1.165, 1.54) is 17.2 Å². The number of likely N-dealkylation sites (N-methyl/N-ethyl adjacent to an activating group) is 1. The van der Waals surface area contributed by atoms with Crippen molar-refractivity contribution in [3.8, 4) is 5.75 Å². The molecule has 0 radical (unpaired) electrons. The first-order valence-electron chi connectivity index (χ1n) is 7.25. The summed E-state index contributed by atoms with van der Waals surface area (Å²) in [5.74, 6) is -0.999. The molecule has 0 aromatic heterocycles. The standard InChI is InChI=1S/C13H19F2N3O.C2H6/c1-16(2)19-10-8-11(14)13(12(15)9-10)18-6-4-17(3)5-7-18;1-2/h8-9H,4-7H2,1-3H3;1-2H3. The molecule has 0 atom stereocenters. The number of nitrogens with zero attached hydrogens (tertiary/aromatic N) is 3. The molecule has 1 heterocycles. The van der Waals surface area contributed by atoms with Crippen molar-refractivity contribution in [2.75, 3.05) is 52.2 Å². The minimum absolute atomic E-state index is 0.0409. The predicted molar refractivity (Wildman–Crippen MR) is 81.7 cm³/mol. The van der Waals surface area contributed by atoms with Gasteiger partial charge in [0, 0.05) is 52.4 Å². The van der Waals surface area contributed by atoms with Crippen LogP contribution < -0.4 is 9.74 Å². The lowest BCUT2D eigenvalue weighted by atomic mass is 10.2. The van der Waals surface area contributed by atoms with E-state index < -0.39 is 11.6 Å². The van der Waals surface area contributed by atoms with Crippen LogP contribution >= 0.6 is 0 Å². The maximum Gasteiger partial charge on any atom is 0.153 e. The SMILES string of the molecule is CC.CN1CCN(c2c(F)cc(ON(C)C)cc2F)CC1. The van der Waals surface area contributed by atoms with Crippen molar-refractivity contribution < 1.29 is 13.6 Å². The van der Waals surface area contributed by atoms with Crippen molar-refractivity contribution in [2.24, 2.45) is 0 Å². The van der Waals surface area contributed by atoms with Gasteiger partial charge in [-0.3, -0.25) is 0 Å². The summed E-state index contributed by atoms with van der Waals surface area (Å²) in [6, 6.07) is 2.44. The van der Waals surface area contributed by atoms with Crippen molar-refractivity contribution in [1.29, 1.82) is 0 Å². The third kappa shape index (κ3) is 4.82. The van der Waals surface area contributed by atoms with Gasteiger partial charge in [0.05, 0.1) is 0 Å². The number of hydroxylamine groups is 2. The zero-order chi connectivity index (χ0) is 16.0. The number of rotatable bonds is 3. The molecule has 4 nitrogen and oxygen atoms in total. The van der Waals surface area contributed by atoms with Crippen LogP contribution in [0, 0.1) is 11.6 Å². The second kappa shape index (κ2) is 8.14. The van der Waals surface area contributed by atoms with Crippen molar-refractivity contribution in [1.82, 2.24) is 9.96 Å². The Hall–Kier alpha value is -1.40. The number of halogens is 2. The molecule has 1 aromatic rings. The monoisotopic (exact) mass is 301 g/mol. The largest absolute Gasteiger partial charge is 0.406 e. The molecule has 1 fully saturated rings. The van der Waals surface area contributed by atoms with E-state index in [1.807, 2.05) is 20.9 Å². The van der Waals surface area contributed by atoms with E-state index in [0.29, 0.717) is 13.1 Å². The lowest BCUT2D eigenvalue weighted by molar-refractivity contribution is -0.00385. The Labute approximate surface area is 125 Å². The van der Waals surface area contributed by atoms with Crippen LogP contribution in [0.3, 0.4) is 0 Å². The molecule has 2 rings (SSSR count). The van der Waals surface area contributed by atoms with Crippen LogP contribution in [-0.4, -0.2) is 57.3 Å². The first-order valence-corrected chi connectivity index (χ1v) is 7.25. The van der Waals surface area contributed by atoms with Gasteiger partial charge in [-0.05, 0) is 7.05 Å². The zero-order valence-electron chi connectivity index (χ0n) is 13.5. The third-order valence-electron chi connectivity index (χ3n) is 3.10. The van der Waals surface area contributed by atoms with E-state index in [4.69, 9.17) is 4.84 Å². The normalized spacial score (nSPS) is 15.7. The molecule has 0 saturated carbocycles. The van der Waals surface area contributed by atoms with E-state index in [0.717, 1.165) is 13.1 Å². The van der Waals surface area contributed by atoms with Crippen LogP contribution in [-0.2, 0) is 0 Å². The summed E-state index contributed by atoms with van der Waals surface area (Å²) in [6.07, 6.45) is 0. The average Bonchev–Trinajstić information content (AvgIpc) is 2.41. The maximum atomic E-state index is 14.0. The van der Waals surface area contributed by atoms with Gasteiger partial charge in [-0.1, -0.05) is 13.8 Å². The molecule has 0 spiro atoms. The molecule has 21 heavy (non-hydrogen) atoms. The number of piperazine rings is 1. The van der Waals surface area contributed by atoms with Gasteiger partial charge < -0.3 is 14.6 Å². The van der Waals surface area contributed by atoms with Gasteiger partial charge in [0.2, 0.25) is 0 Å². The molecule has 1 aliphatic heterocycles. The van der Waals surface area contributed by atoms with Crippen molar-refractivity contribution >= 4 is 5.69 Å². The lowest BCUT2D eigenvalue weighted by Gasteiger charge is -2.34. The zero-order valence-corrected chi connectivity index (χ0v) is 13.5. The molecule has 0 aliphatic carbocycles. The van der Waals surface area contributed by atoms with E-state index in [9.17, 15) is 8.78 Å². The van der Waals surface area contributed by atoms with Gasteiger partial charge in [0.1, 0.15) is 5.69 Å². The second-order valence-corrected chi connectivity index (χ2v) is 4.93. The third-order valence-corrected chi connectivity index (χ3v) is 3.10. The summed E-state index contributed by atoms with van der Waals surface area (Å²) >= 11 is 0. The first-order chi connectivity index (χ1) is 9.97. The Kier molecular flexibility index (Phi) is 6.84. The Morgan fingerprint density at radius 1 is 1.00 bits per heavy atom. The Morgan fingerprint density at radius 2 is 1.48 bits per heavy atom. The second-order valence-electron chi connectivity index (χ2n) is 4.93. The number of hydrogen-bond acceptors (Lipinski definition) is 4. The molecule has 6 heteroatoms. The topological polar surface area (TPSA) is 19.0 Å². The van der Waals surface area contributed by atoms with Gasteiger partial charge in [-0.2, -0.15) is 5.06 Å². The van der Waals surface area contributed by atoms with E-state index >= 15 is 0 Å². The van der Waals surface area contributed by atoms with Gasteiger partial charge in [0.25, 0.3) is 0 Å². The molecule has 0 amide bonds. The molecule has 120 valence electrons. The highest BCUT2D eigenvalue weighted by Gasteiger charge is 2.22. The van der Waals surface area contributed by atoms with Crippen molar-refractivity contribution in [3.05, 3.63) is 23.8 Å². The molecular weight excluding hydrogens is 276 g/mol. The van der Waals surface area contributed by atoms with Gasteiger partial charge >= 0.3 is 0 Å². The van der Waals surface area contributed by atoms with Crippen LogP contribution in [0.2, 0.25) is 0 Å². The highest BCUT2D eigenvalue weighted by atomic mass is 19.1. The quantitative estimate of drug-likeness (QED) is 0.799. The molecule has 0 unspecified atom stereocenters. The first kappa shape index (κ1) is 17.7. The van der Waals surface area contributed by atoms with Crippen LogP contribution in [0.15, 0.2) is 12.1 Å². The molecule has 0 bridgehead atoms. The maximum absolute atomic E-state index is 14.0. The lowest BCUT2D eigenvalue weighted by Crippen LogP contribution is -2.45. The summed E-state index contributed by atoms with van der Waals surface area (Å²) in [4.78, 5) is 9.04. The molecule has 1 aromatic carbocycles. The summed E-state index contributed by atoms with van der Waals surface area (Å²) in [5.41, 5.74) is 0.0409. The smallest absolute Gasteiger partial charge is 0.153 e. The van der Waals surface area contributed by atoms with Gasteiger partial charge in [-0.25, -0.2) is 8.78 Å². The Morgan fingerprint density at radius 3 is 1.90 bits per heavy atom. The fraction of sp³-hybridized carbons (Fsp3) is 0.600. The van der Waals surface area contributed by atoms with Crippen LogP contribution in [0.4, 0.5) is 14.5 Å². The fourth-order valence-corrected chi connectivity index (χ4v) is 2.14. The van der Waals surface area contributed by atoms with Crippen molar-refractivity contribution in [2.45, 2.75) is 13.8 Å². The number of benzene rings is 1. The molecule has 1 saturated heterocycles. The minimum atomic E-state index is -0.582. The molecule has 1 aliphatic rings. The highest BCUT2D eigenvalue weighted by molar-refractivity contribution is 5.52. The summed E-state index contributed by atoms with van der Waals surface area (Å²) in [5, 5.41) is 1.39. The molecular formula is C15H25F2N3O. The predicted octanol–water partition coefficient (Wildman–Crippen LogP) is 2.60. The Bertz CT molecular complexity index is 424. The average molecular weight is 301 g/mol. The van der Waals surface area contributed by atoms with E-state index in [2.05, 4.69) is 4.90 Å².